The zero-order valence-corrected chi connectivity index (χ0v) is 14.7. The van der Waals surface area contributed by atoms with E-state index in [2.05, 4.69) is 69.9 Å². The summed E-state index contributed by atoms with van der Waals surface area (Å²) in [5.74, 6) is 1.86. The molecule has 3 rings (SSSR count). The molecular weight excluding hydrogens is 304 g/mol. The van der Waals surface area contributed by atoms with Crippen molar-refractivity contribution < 1.29 is 0 Å². The van der Waals surface area contributed by atoms with Crippen LogP contribution in [0.1, 0.15) is 23.8 Å². The van der Waals surface area contributed by atoms with Crippen molar-refractivity contribution in [3.63, 3.8) is 0 Å². The number of hydrogen-bond donors (Lipinski definition) is 0. The third kappa shape index (κ3) is 3.45. The molecule has 2 heterocycles. The molecule has 0 aliphatic heterocycles. The first-order chi connectivity index (χ1) is 11.2. The molecule has 0 fully saturated rings. The Kier molecular flexibility index (Phi) is 4.76. The third-order valence-electron chi connectivity index (χ3n) is 3.81. The van der Waals surface area contributed by atoms with Crippen LogP contribution >= 0.6 is 11.3 Å². The standard InChI is InChI=1S/C18H22N4S/c1-4-12-22(13-15-8-6-5-7-9-15)18-20-19-17(21(18)3)16-11-10-14(2)23-16/h5-11H,4,12-13H2,1-3H3. The molecule has 0 N–H and O–H groups in total. The van der Waals surface area contributed by atoms with Gasteiger partial charge in [-0.1, -0.05) is 37.3 Å². The first-order valence-corrected chi connectivity index (χ1v) is 8.75. The van der Waals surface area contributed by atoms with Crippen molar-refractivity contribution in [1.82, 2.24) is 14.8 Å². The molecule has 2 aromatic heterocycles. The summed E-state index contributed by atoms with van der Waals surface area (Å²) in [6, 6.07) is 14.8. The fourth-order valence-corrected chi connectivity index (χ4v) is 3.58. The molecule has 1 aromatic carbocycles. The number of aryl methyl sites for hydroxylation is 1. The van der Waals surface area contributed by atoms with Gasteiger partial charge in [0.15, 0.2) is 5.82 Å². The van der Waals surface area contributed by atoms with Gasteiger partial charge in [0.25, 0.3) is 0 Å². The van der Waals surface area contributed by atoms with Gasteiger partial charge >= 0.3 is 0 Å². The van der Waals surface area contributed by atoms with Crippen LogP contribution in [0.2, 0.25) is 0 Å². The van der Waals surface area contributed by atoms with Gasteiger partial charge in [0, 0.05) is 25.0 Å². The van der Waals surface area contributed by atoms with E-state index in [-0.39, 0.29) is 0 Å². The highest BCUT2D eigenvalue weighted by atomic mass is 32.1. The Morgan fingerprint density at radius 3 is 2.52 bits per heavy atom. The Bertz CT molecular complexity index is 760. The lowest BCUT2D eigenvalue weighted by atomic mass is 10.2. The number of nitrogens with zero attached hydrogens (tertiary/aromatic N) is 4. The molecule has 0 aliphatic rings. The smallest absolute Gasteiger partial charge is 0.227 e. The highest BCUT2D eigenvalue weighted by Crippen LogP contribution is 2.28. The van der Waals surface area contributed by atoms with Crippen molar-refractivity contribution in [3.8, 4) is 10.7 Å². The summed E-state index contributed by atoms with van der Waals surface area (Å²) in [6.45, 7) is 6.12. The maximum Gasteiger partial charge on any atom is 0.227 e. The van der Waals surface area contributed by atoms with Crippen LogP contribution in [-0.4, -0.2) is 21.3 Å². The highest BCUT2D eigenvalue weighted by molar-refractivity contribution is 7.15. The van der Waals surface area contributed by atoms with Gasteiger partial charge in [-0.3, -0.25) is 4.57 Å². The Labute approximate surface area is 141 Å². The molecule has 0 unspecified atom stereocenters. The lowest BCUT2D eigenvalue weighted by Crippen LogP contribution is -2.26. The van der Waals surface area contributed by atoms with Crippen LogP contribution in [0.4, 0.5) is 5.95 Å². The topological polar surface area (TPSA) is 34.0 Å². The minimum Gasteiger partial charge on any atom is -0.337 e. The van der Waals surface area contributed by atoms with E-state index in [0.717, 1.165) is 31.3 Å². The molecule has 0 atom stereocenters. The van der Waals surface area contributed by atoms with Crippen LogP contribution in [0.25, 0.3) is 10.7 Å². The summed E-state index contributed by atoms with van der Waals surface area (Å²) in [5.41, 5.74) is 1.29. The average Bonchev–Trinajstić information content (AvgIpc) is 3.14. The molecule has 120 valence electrons. The van der Waals surface area contributed by atoms with Crippen LogP contribution in [0.5, 0.6) is 0 Å². The van der Waals surface area contributed by atoms with Gasteiger partial charge in [-0.2, -0.15) is 0 Å². The van der Waals surface area contributed by atoms with Crippen molar-refractivity contribution in [2.45, 2.75) is 26.8 Å². The number of benzene rings is 1. The molecule has 0 spiro atoms. The van der Waals surface area contributed by atoms with Gasteiger partial charge < -0.3 is 4.90 Å². The summed E-state index contributed by atoms with van der Waals surface area (Å²) < 4.78 is 2.10. The fourth-order valence-electron chi connectivity index (χ4n) is 2.69. The molecule has 0 saturated carbocycles. The zero-order valence-electron chi connectivity index (χ0n) is 13.9. The second kappa shape index (κ2) is 6.96. The van der Waals surface area contributed by atoms with Crippen molar-refractivity contribution in [2.24, 2.45) is 7.05 Å². The van der Waals surface area contributed by atoms with Crippen LogP contribution < -0.4 is 4.90 Å². The predicted octanol–water partition coefficient (Wildman–Crippen LogP) is 4.27. The van der Waals surface area contributed by atoms with E-state index in [1.54, 1.807) is 11.3 Å². The number of rotatable bonds is 6. The predicted molar refractivity (Wildman–Crippen MR) is 96.8 cm³/mol. The first-order valence-electron chi connectivity index (χ1n) is 7.94. The average molecular weight is 326 g/mol. The molecule has 5 heteroatoms. The van der Waals surface area contributed by atoms with Crippen LogP contribution in [0, 0.1) is 6.92 Å². The lowest BCUT2D eigenvalue weighted by Gasteiger charge is -2.22. The Morgan fingerprint density at radius 2 is 1.87 bits per heavy atom. The van der Waals surface area contributed by atoms with E-state index in [1.807, 2.05) is 13.1 Å². The van der Waals surface area contributed by atoms with Crippen molar-refractivity contribution in [2.75, 3.05) is 11.4 Å². The third-order valence-corrected chi connectivity index (χ3v) is 4.80. The molecule has 0 saturated heterocycles. The maximum absolute atomic E-state index is 4.46. The first kappa shape index (κ1) is 15.7. The van der Waals surface area contributed by atoms with E-state index in [1.165, 1.54) is 15.3 Å². The van der Waals surface area contributed by atoms with E-state index in [0.29, 0.717) is 0 Å². The molecule has 0 amide bonds. The number of aromatic nitrogens is 3. The van der Waals surface area contributed by atoms with Gasteiger partial charge in [-0.25, -0.2) is 0 Å². The van der Waals surface area contributed by atoms with E-state index < -0.39 is 0 Å². The second-order valence-corrected chi connectivity index (χ2v) is 6.99. The number of anilines is 1. The normalized spacial score (nSPS) is 10.9. The van der Waals surface area contributed by atoms with Gasteiger partial charge in [-0.15, -0.1) is 21.5 Å². The van der Waals surface area contributed by atoms with Crippen LogP contribution in [0.15, 0.2) is 42.5 Å². The molecular formula is C18H22N4S. The maximum atomic E-state index is 4.46. The van der Waals surface area contributed by atoms with Gasteiger partial charge in [0.1, 0.15) is 0 Å². The van der Waals surface area contributed by atoms with Crippen molar-refractivity contribution >= 4 is 17.3 Å². The summed E-state index contributed by atoms with van der Waals surface area (Å²) in [6.07, 6.45) is 1.08. The second-order valence-electron chi connectivity index (χ2n) is 5.70. The molecule has 0 bridgehead atoms. The summed E-state index contributed by atoms with van der Waals surface area (Å²) in [5, 5.41) is 8.89. The highest BCUT2D eigenvalue weighted by Gasteiger charge is 2.17. The van der Waals surface area contributed by atoms with Crippen molar-refractivity contribution in [1.29, 1.82) is 0 Å². The van der Waals surface area contributed by atoms with Gasteiger partial charge in [-0.05, 0) is 31.0 Å². The quantitative estimate of drug-likeness (QED) is 0.678. The SMILES string of the molecule is CCCN(Cc1ccccc1)c1nnc(-c2ccc(C)s2)n1C. The number of thiophene rings is 1. The molecule has 3 aromatic rings. The molecule has 0 aliphatic carbocycles. The summed E-state index contributed by atoms with van der Waals surface area (Å²) >= 11 is 1.76. The van der Waals surface area contributed by atoms with Gasteiger partial charge in [0.05, 0.1) is 4.88 Å². The largest absolute Gasteiger partial charge is 0.337 e. The van der Waals surface area contributed by atoms with Gasteiger partial charge in [0.2, 0.25) is 5.95 Å². The fraction of sp³-hybridized carbons (Fsp3) is 0.333. The summed E-state index contributed by atoms with van der Waals surface area (Å²) in [4.78, 5) is 4.76. The Balaban J connectivity index is 1.89. The van der Waals surface area contributed by atoms with E-state index in [9.17, 15) is 0 Å². The zero-order chi connectivity index (χ0) is 16.2. The number of hydrogen-bond acceptors (Lipinski definition) is 4. The minimum atomic E-state index is 0.851. The monoisotopic (exact) mass is 326 g/mol. The van der Waals surface area contributed by atoms with E-state index >= 15 is 0 Å². The van der Waals surface area contributed by atoms with Crippen LogP contribution in [-0.2, 0) is 13.6 Å². The Morgan fingerprint density at radius 1 is 1.09 bits per heavy atom. The minimum absolute atomic E-state index is 0.851. The van der Waals surface area contributed by atoms with Crippen LogP contribution in [0.3, 0.4) is 0 Å². The lowest BCUT2D eigenvalue weighted by molar-refractivity contribution is 0.715. The molecule has 4 nitrogen and oxygen atoms in total. The Hall–Kier alpha value is -2.14. The summed E-state index contributed by atoms with van der Waals surface area (Å²) in [7, 11) is 2.05. The molecule has 0 radical (unpaired) electrons. The molecule has 23 heavy (non-hydrogen) atoms. The van der Waals surface area contributed by atoms with Crippen molar-refractivity contribution in [3.05, 3.63) is 52.9 Å². The van der Waals surface area contributed by atoms with E-state index in [4.69, 9.17) is 0 Å².